The van der Waals surface area contributed by atoms with E-state index in [4.69, 9.17) is 10.6 Å². The fourth-order valence-corrected chi connectivity index (χ4v) is 3.05. The molecule has 0 fully saturated rings. The zero-order valence-electron chi connectivity index (χ0n) is 10.8. The van der Waals surface area contributed by atoms with Crippen molar-refractivity contribution in [2.75, 3.05) is 6.61 Å². The van der Waals surface area contributed by atoms with Gasteiger partial charge in [0.15, 0.2) is 0 Å². The summed E-state index contributed by atoms with van der Waals surface area (Å²) in [6.45, 7) is 0.746. The summed E-state index contributed by atoms with van der Waals surface area (Å²) < 4.78 is 6.82. The highest BCUT2D eigenvalue weighted by atomic mass is 79.9. The van der Waals surface area contributed by atoms with Crippen molar-refractivity contribution in [2.45, 2.75) is 18.9 Å². The van der Waals surface area contributed by atoms with Crippen LogP contribution < -0.4 is 16.0 Å². The van der Waals surface area contributed by atoms with E-state index in [2.05, 4.69) is 43.7 Å². The Morgan fingerprint density at radius 1 is 1.40 bits per heavy atom. The van der Waals surface area contributed by atoms with Crippen molar-refractivity contribution in [3.63, 3.8) is 0 Å². The second-order valence-corrected chi connectivity index (χ2v) is 5.67. The highest BCUT2D eigenvalue weighted by Gasteiger charge is 2.20. The van der Waals surface area contributed by atoms with Gasteiger partial charge in [0.05, 0.1) is 18.8 Å². The normalized spacial score (nSPS) is 14.7. The van der Waals surface area contributed by atoms with Crippen molar-refractivity contribution >= 4 is 15.9 Å². The molecule has 3 rings (SSSR count). The molecule has 3 N–H and O–H groups in total. The molecule has 104 valence electrons. The lowest BCUT2D eigenvalue weighted by Gasteiger charge is -2.17. The molecular formula is C14H15BrN4O. The molecule has 1 atom stereocenters. The van der Waals surface area contributed by atoms with E-state index in [1.165, 1.54) is 5.56 Å². The lowest BCUT2D eigenvalue weighted by atomic mass is 9.98. The molecular weight excluding hydrogens is 320 g/mol. The van der Waals surface area contributed by atoms with Crippen LogP contribution in [0.3, 0.4) is 0 Å². The summed E-state index contributed by atoms with van der Waals surface area (Å²) in [5, 5.41) is 7.69. The fraction of sp³-hybridized carbons (Fsp3) is 0.286. The van der Waals surface area contributed by atoms with Crippen LogP contribution in [-0.2, 0) is 12.8 Å². The van der Waals surface area contributed by atoms with Gasteiger partial charge in [0.1, 0.15) is 5.75 Å². The maximum Gasteiger partial charge on any atom is 0.125 e. The van der Waals surface area contributed by atoms with E-state index in [9.17, 15) is 0 Å². The van der Waals surface area contributed by atoms with Crippen LogP contribution in [0, 0.1) is 0 Å². The third kappa shape index (κ3) is 2.67. The minimum Gasteiger partial charge on any atom is -0.493 e. The average molecular weight is 335 g/mol. The number of aromatic nitrogens is 2. The van der Waals surface area contributed by atoms with Crippen molar-refractivity contribution < 1.29 is 4.74 Å². The van der Waals surface area contributed by atoms with Gasteiger partial charge in [-0.2, -0.15) is 10.2 Å². The minimum atomic E-state index is -0.0203. The zero-order valence-corrected chi connectivity index (χ0v) is 12.4. The van der Waals surface area contributed by atoms with Crippen LogP contribution in [0.4, 0.5) is 0 Å². The molecule has 1 aromatic carbocycles. The maximum atomic E-state index is 5.75. The number of fused-ring (bicyclic) bond motifs is 1. The first-order valence-electron chi connectivity index (χ1n) is 6.44. The first-order valence-corrected chi connectivity index (χ1v) is 7.24. The van der Waals surface area contributed by atoms with Gasteiger partial charge < -0.3 is 4.74 Å². The van der Waals surface area contributed by atoms with Crippen LogP contribution >= 0.6 is 15.9 Å². The molecule has 0 amide bonds. The predicted octanol–water partition coefficient (Wildman–Crippen LogP) is 1.92. The molecule has 0 saturated carbocycles. The van der Waals surface area contributed by atoms with Gasteiger partial charge in [-0.15, -0.1) is 0 Å². The van der Waals surface area contributed by atoms with E-state index in [1.807, 2.05) is 6.07 Å². The SMILES string of the molecule is NNC(Cc1cc(Br)cc2c1OCC2)c1ccnnc1. The van der Waals surface area contributed by atoms with Gasteiger partial charge in [-0.1, -0.05) is 15.9 Å². The van der Waals surface area contributed by atoms with E-state index in [0.717, 1.165) is 40.8 Å². The number of hydrogen-bond acceptors (Lipinski definition) is 5. The van der Waals surface area contributed by atoms with E-state index >= 15 is 0 Å². The molecule has 0 saturated heterocycles. The smallest absolute Gasteiger partial charge is 0.125 e. The van der Waals surface area contributed by atoms with E-state index in [0.29, 0.717) is 0 Å². The summed E-state index contributed by atoms with van der Waals surface area (Å²) >= 11 is 3.55. The Kier molecular flexibility index (Phi) is 3.95. The van der Waals surface area contributed by atoms with Crippen molar-refractivity contribution in [1.29, 1.82) is 0 Å². The van der Waals surface area contributed by atoms with Crippen LogP contribution in [0.2, 0.25) is 0 Å². The average Bonchev–Trinajstić information content (AvgIpc) is 2.93. The van der Waals surface area contributed by atoms with E-state index in [-0.39, 0.29) is 6.04 Å². The Bertz CT molecular complexity index is 606. The standard InChI is InChI=1S/C14H15BrN4O/c15-12-5-9-2-4-20-14(9)11(6-12)7-13(19-16)10-1-3-17-18-8-10/h1,3,5-6,8,13,19H,2,4,7,16H2. The molecule has 0 aliphatic carbocycles. The number of hydrogen-bond donors (Lipinski definition) is 2. The molecule has 1 aliphatic rings. The van der Waals surface area contributed by atoms with Crippen LogP contribution in [0.1, 0.15) is 22.7 Å². The monoisotopic (exact) mass is 334 g/mol. The van der Waals surface area contributed by atoms with Crippen molar-refractivity contribution in [2.24, 2.45) is 5.84 Å². The van der Waals surface area contributed by atoms with Gasteiger partial charge in [0.2, 0.25) is 0 Å². The van der Waals surface area contributed by atoms with Gasteiger partial charge in [0.25, 0.3) is 0 Å². The molecule has 2 heterocycles. The number of nitrogens with two attached hydrogens (primary N) is 1. The predicted molar refractivity (Wildman–Crippen MR) is 79.1 cm³/mol. The fourth-order valence-electron chi connectivity index (χ4n) is 2.50. The molecule has 1 unspecified atom stereocenters. The van der Waals surface area contributed by atoms with Crippen molar-refractivity contribution in [3.05, 3.63) is 51.8 Å². The van der Waals surface area contributed by atoms with Crippen LogP contribution in [0.15, 0.2) is 35.1 Å². The van der Waals surface area contributed by atoms with Crippen LogP contribution in [-0.4, -0.2) is 16.8 Å². The Morgan fingerprint density at radius 3 is 3.05 bits per heavy atom. The third-order valence-corrected chi connectivity index (χ3v) is 3.92. The molecule has 0 spiro atoms. The Morgan fingerprint density at radius 2 is 2.30 bits per heavy atom. The van der Waals surface area contributed by atoms with Crippen molar-refractivity contribution in [1.82, 2.24) is 15.6 Å². The summed E-state index contributed by atoms with van der Waals surface area (Å²) in [5.41, 5.74) is 6.24. The first kappa shape index (κ1) is 13.5. The highest BCUT2D eigenvalue weighted by molar-refractivity contribution is 9.10. The number of nitrogens with one attached hydrogen (secondary N) is 1. The Hall–Kier alpha value is -1.50. The summed E-state index contributed by atoms with van der Waals surface area (Å²) in [5.74, 6) is 6.68. The van der Waals surface area contributed by atoms with Gasteiger partial charge in [0, 0.05) is 17.1 Å². The lowest BCUT2D eigenvalue weighted by molar-refractivity contribution is 0.351. The highest BCUT2D eigenvalue weighted by Crippen LogP contribution is 2.35. The molecule has 1 aromatic heterocycles. The molecule has 0 radical (unpaired) electrons. The Balaban J connectivity index is 1.91. The van der Waals surface area contributed by atoms with Gasteiger partial charge in [-0.3, -0.25) is 11.3 Å². The molecule has 0 bridgehead atoms. The quantitative estimate of drug-likeness (QED) is 0.660. The van der Waals surface area contributed by atoms with Gasteiger partial charge in [-0.05, 0) is 41.3 Å². The third-order valence-electron chi connectivity index (χ3n) is 3.46. The minimum absolute atomic E-state index is 0.0203. The number of hydrazine groups is 1. The number of nitrogens with zero attached hydrogens (tertiary/aromatic N) is 2. The van der Waals surface area contributed by atoms with E-state index in [1.54, 1.807) is 12.4 Å². The lowest BCUT2D eigenvalue weighted by Crippen LogP contribution is -2.29. The first-order chi connectivity index (χ1) is 9.78. The zero-order chi connectivity index (χ0) is 13.9. The molecule has 6 heteroatoms. The number of rotatable bonds is 4. The van der Waals surface area contributed by atoms with Gasteiger partial charge >= 0.3 is 0 Å². The maximum absolute atomic E-state index is 5.75. The van der Waals surface area contributed by atoms with Crippen molar-refractivity contribution in [3.8, 4) is 5.75 Å². The summed E-state index contributed by atoms with van der Waals surface area (Å²) in [4.78, 5) is 0. The number of ether oxygens (including phenoxy) is 1. The molecule has 20 heavy (non-hydrogen) atoms. The van der Waals surface area contributed by atoms with E-state index < -0.39 is 0 Å². The van der Waals surface area contributed by atoms with Crippen LogP contribution in [0.5, 0.6) is 5.75 Å². The number of benzene rings is 1. The molecule has 5 nitrogen and oxygen atoms in total. The second kappa shape index (κ2) is 5.87. The number of halogens is 1. The van der Waals surface area contributed by atoms with Gasteiger partial charge in [-0.25, -0.2) is 0 Å². The molecule has 1 aliphatic heterocycles. The van der Waals surface area contributed by atoms with Crippen LogP contribution in [0.25, 0.3) is 0 Å². The summed E-state index contributed by atoms with van der Waals surface area (Å²) in [6.07, 6.45) is 5.09. The Labute approximate surface area is 125 Å². The summed E-state index contributed by atoms with van der Waals surface area (Å²) in [7, 11) is 0. The summed E-state index contributed by atoms with van der Waals surface area (Å²) in [6, 6.07) is 6.10. The topological polar surface area (TPSA) is 73.1 Å². The second-order valence-electron chi connectivity index (χ2n) is 4.75. The molecule has 2 aromatic rings. The largest absolute Gasteiger partial charge is 0.493 e.